The zero-order valence-corrected chi connectivity index (χ0v) is 11.3. The lowest BCUT2D eigenvalue weighted by Crippen LogP contribution is -2.40. The zero-order valence-electron chi connectivity index (χ0n) is 11.3. The Kier molecular flexibility index (Phi) is 5.45. The fourth-order valence-corrected chi connectivity index (χ4v) is 1.54. The van der Waals surface area contributed by atoms with Crippen molar-refractivity contribution >= 4 is 0 Å². The van der Waals surface area contributed by atoms with Crippen molar-refractivity contribution in [3.8, 4) is 5.75 Å². The van der Waals surface area contributed by atoms with Crippen LogP contribution in [0.25, 0.3) is 0 Å². The lowest BCUT2D eigenvalue weighted by Gasteiger charge is -2.20. The van der Waals surface area contributed by atoms with Crippen molar-refractivity contribution in [2.45, 2.75) is 32.9 Å². The van der Waals surface area contributed by atoms with Crippen LogP contribution in [0.5, 0.6) is 5.75 Å². The minimum absolute atomic E-state index is 0.192. The van der Waals surface area contributed by atoms with Gasteiger partial charge < -0.3 is 15.4 Å². The summed E-state index contributed by atoms with van der Waals surface area (Å²) in [6.45, 7) is 9.35. The van der Waals surface area contributed by atoms with Gasteiger partial charge in [-0.15, -0.1) is 0 Å². The quantitative estimate of drug-likeness (QED) is 0.743. The predicted molar refractivity (Wildman–Crippen MR) is 72.5 cm³/mol. The molecule has 0 spiro atoms. The molecule has 17 heavy (non-hydrogen) atoms. The number of rotatable bonds is 6. The maximum atomic E-state index is 5.19. The molecule has 0 radical (unpaired) electrons. The van der Waals surface area contributed by atoms with Crippen LogP contribution in [0, 0.1) is 0 Å². The number of nitrogens with one attached hydrogen (secondary N) is 2. The monoisotopic (exact) mass is 236 g/mol. The summed E-state index contributed by atoms with van der Waals surface area (Å²) in [4.78, 5) is 0. The molecule has 1 aromatic rings. The summed E-state index contributed by atoms with van der Waals surface area (Å²) in [6.07, 6.45) is 0. The van der Waals surface area contributed by atoms with E-state index >= 15 is 0 Å². The smallest absolute Gasteiger partial charge is 0.119 e. The fourth-order valence-electron chi connectivity index (χ4n) is 1.54. The number of hydrogen-bond acceptors (Lipinski definition) is 3. The summed E-state index contributed by atoms with van der Waals surface area (Å²) in [5, 5.41) is 6.85. The van der Waals surface area contributed by atoms with Gasteiger partial charge in [0.15, 0.2) is 0 Å². The Labute approximate surface area is 105 Å². The normalized spacial score (nSPS) is 11.5. The van der Waals surface area contributed by atoms with Crippen LogP contribution in [0.3, 0.4) is 0 Å². The predicted octanol–water partition coefficient (Wildman–Crippen LogP) is 2.17. The summed E-state index contributed by atoms with van der Waals surface area (Å²) >= 11 is 0. The van der Waals surface area contributed by atoms with Crippen molar-refractivity contribution in [2.24, 2.45) is 0 Å². The van der Waals surface area contributed by atoms with Crippen LogP contribution in [0.4, 0.5) is 0 Å². The standard InChI is InChI=1S/C14H24N2O/c1-14(2,3)16-9-8-15-11-12-6-5-7-13(10-12)17-4/h5-7,10,15-16H,8-9,11H2,1-4H3. The molecule has 0 saturated heterocycles. The van der Waals surface area contributed by atoms with Gasteiger partial charge in [-0.1, -0.05) is 12.1 Å². The molecular weight excluding hydrogens is 212 g/mol. The molecule has 0 fully saturated rings. The van der Waals surface area contributed by atoms with Gasteiger partial charge in [-0.05, 0) is 38.5 Å². The Morgan fingerprint density at radius 1 is 1.18 bits per heavy atom. The van der Waals surface area contributed by atoms with Gasteiger partial charge in [-0.3, -0.25) is 0 Å². The first-order valence-corrected chi connectivity index (χ1v) is 6.10. The Balaban J connectivity index is 2.22. The lowest BCUT2D eigenvalue weighted by molar-refractivity contribution is 0.413. The first kappa shape index (κ1) is 14.0. The maximum Gasteiger partial charge on any atom is 0.119 e. The molecule has 0 aliphatic carbocycles. The molecule has 0 aromatic heterocycles. The Morgan fingerprint density at radius 3 is 2.59 bits per heavy atom. The van der Waals surface area contributed by atoms with Crippen LogP contribution in [0.2, 0.25) is 0 Å². The molecule has 1 aromatic carbocycles. The van der Waals surface area contributed by atoms with E-state index in [1.807, 2.05) is 12.1 Å². The summed E-state index contributed by atoms with van der Waals surface area (Å²) in [6, 6.07) is 8.14. The SMILES string of the molecule is COc1cccc(CNCCNC(C)(C)C)c1. The van der Waals surface area contributed by atoms with Gasteiger partial charge in [0.25, 0.3) is 0 Å². The van der Waals surface area contributed by atoms with E-state index in [-0.39, 0.29) is 5.54 Å². The van der Waals surface area contributed by atoms with Gasteiger partial charge in [0.2, 0.25) is 0 Å². The third kappa shape index (κ3) is 6.29. The van der Waals surface area contributed by atoms with Crippen molar-refractivity contribution in [3.05, 3.63) is 29.8 Å². The van der Waals surface area contributed by atoms with Gasteiger partial charge in [0.05, 0.1) is 7.11 Å². The van der Waals surface area contributed by atoms with Gasteiger partial charge in [-0.2, -0.15) is 0 Å². The average Bonchev–Trinajstić information content (AvgIpc) is 2.27. The Morgan fingerprint density at radius 2 is 1.94 bits per heavy atom. The van der Waals surface area contributed by atoms with Gasteiger partial charge in [-0.25, -0.2) is 0 Å². The molecule has 96 valence electrons. The van der Waals surface area contributed by atoms with Gasteiger partial charge in [0, 0.05) is 25.2 Å². The van der Waals surface area contributed by atoms with Crippen molar-refractivity contribution in [3.63, 3.8) is 0 Å². The molecule has 0 unspecified atom stereocenters. The molecule has 0 amide bonds. The Bertz CT molecular complexity index is 331. The molecule has 0 saturated carbocycles. The van der Waals surface area contributed by atoms with Crippen molar-refractivity contribution < 1.29 is 4.74 Å². The largest absolute Gasteiger partial charge is 0.497 e. The average molecular weight is 236 g/mol. The second-order valence-corrected chi connectivity index (χ2v) is 5.21. The summed E-state index contributed by atoms with van der Waals surface area (Å²) < 4.78 is 5.19. The van der Waals surface area contributed by atoms with E-state index in [9.17, 15) is 0 Å². The van der Waals surface area contributed by atoms with E-state index in [2.05, 4.69) is 43.5 Å². The van der Waals surface area contributed by atoms with E-state index < -0.39 is 0 Å². The second kappa shape index (κ2) is 6.62. The number of benzene rings is 1. The number of hydrogen-bond donors (Lipinski definition) is 2. The van der Waals surface area contributed by atoms with Crippen LogP contribution in [0.1, 0.15) is 26.3 Å². The fraction of sp³-hybridized carbons (Fsp3) is 0.571. The highest BCUT2D eigenvalue weighted by Gasteiger charge is 2.06. The first-order valence-electron chi connectivity index (χ1n) is 6.10. The van der Waals surface area contributed by atoms with E-state index in [0.29, 0.717) is 0 Å². The molecule has 2 N–H and O–H groups in total. The molecule has 3 heteroatoms. The number of ether oxygens (including phenoxy) is 1. The van der Waals surface area contributed by atoms with Crippen molar-refractivity contribution in [1.29, 1.82) is 0 Å². The molecule has 0 aliphatic heterocycles. The van der Waals surface area contributed by atoms with Crippen LogP contribution in [0.15, 0.2) is 24.3 Å². The molecular formula is C14H24N2O. The first-order chi connectivity index (χ1) is 8.01. The third-order valence-electron chi connectivity index (χ3n) is 2.42. The topological polar surface area (TPSA) is 33.3 Å². The summed E-state index contributed by atoms with van der Waals surface area (Å²) in [5.41, 5.74) is 1.44. The highest BCUT2D eigenvalue weighted by Crippen LogP contribution is 2.11. The van der Waals surface area contributed by atoms with Crippen LogP contribution in [-0.2, 0) is 6.54 Å². The third-order valence-corrected chi connectivity index (χ3v) is 2.42. The molecule has 0 heterocycles. The maximum absolute atomic E-state index is 5.19. The molecule has 1 rings (SSSR count). The van der Waals surface area contributed by atoms with Crippen LogP contribution >= 0.6 is 0 Å². The van der Waals surface area contributed by atoms with E-state index in [4.69, 9.17) is 4.74 Å². The van der Waals surface area contributed by atoms with E-state index in [1.165, 1.54) is 5.56 Å². The highest BCUT2D eigenvalue weighted by atomic mass is 16.5. The molecule has 0 bridgehead atoms. The minimum atomic E-state index is 0.192. The Hall–Kier alpha value is -1.06. The summed E-state index contributed by atoms with van der Waals surface area (Å²) in [5.74, 6) is 0.914. The number of methoxy groups -OCH3 is 1. The van der Waals surface area contributed by atoms with Crippen molar-refractivity contribution in [2.75, 3.05) is 20.2 Å². The van der Waals surface area contributed by atoms with E-state index in [1.54, 1.807) is 7.11 Å². The zero-order chi connectivity index (χ0) is 12.7. The van der Waals surface area contributed by atoms with Crippen LogP contribution < -0.4 is 15.4 Å². The molecule has 0 aliphatic rings. The second-order valence-electron chi connectivity index (χ2n) is 5.21. The van der Waals surface area contributed by atoms with Crippen molar-refractivity contribution in [1.82, 2.24) is 10.6 Å². The lowest BCUT2D eigenvalue weighted by atomic mass is 10.1. The van der Waals surface area contributed by atoms with Gasteiger partial charge >= 0.3 is 0 Å². The van der Waals surface area contributed by atoms with Crippen LogP contribution in [-0.4, -0.2) is 25.7 Å². The highest BCUT2D eigenvalue weighted by molar-refractivity contribution is 5.28. The van der Waals surface area contributed by atoms with Gasteiger partial charge in [0.1, 0.15) is 5.75 Å². The van der Waals surface area contributed by atoms with E-state index in [0.717, 1.165) is 25.4 Å². The summed E-state index contributed by atoms with van der Waals surface area (Å²) in [7, 11) is 1.69. The molecule has 3 nitrogen and oxygen atoms in total. The molecule has 0 atom stereocenters. The minimum Gasteiger partial charge on any atom is -0.497 e.